The lowest BCUT2D eigenvalue weighted by atomic mass is 10.2. The van der Waals surface area contributed by atoms with Gasteiger partial charge in [-0.2, -0.15) is 15.1 Å². The molecule has 3 aromatic heterocycles. The van der Waals surface area contributed by atoms with Crippen molar-refractivity contribution in [3.05, 3.63) is 53.0 Å². The van der Waals surface area contributed by atoms with Crippen LogP contribution < -0.4 is 15.0 Å². The van der Waals surface area contributed by atoms with Gasteiger partial charge < -0.3 is 86.6 Å². The van der Waals surface area contributed by atoms with Crippen LogP contribution in [0.4, 0.5) is 19.0 Å². The van der Waals surface area contributed by atoms with Crippen molar-refractivity contribution in [1.29, 1.82) is 0 Å². The minimum atomic E-state index is -4.84. The number of hydrogen-bond acceptors (Lipinski definition) is 23. The van der Waals surface area contributed by atoms with Crippen LogP contribution in [-0.2, 0) is 83.8 Å². The monoisotopic (exact) mass is 1190 g/mol. The average Bonchev–Trinajstić information content (AvgIpc) is 4.31. The van der Waals surface area contributed by atoms with Crippen LogP contribution in [-0.4, -0.2) is 223 Å². The number of aromatic nitrogens is 7. The van der Waals surface area contributed by atoms with Crippen LogP contribution >= 0.6 is 26.8 Å². The van der Waals surface area contributed by atoms with Gasteiger partial charge >= 0.3 is 21.2 Å². The zero-order chi connectivity index (χ0) is 56.6. The number of halogens is 4. The molecule has 79 heavy (non-hydrogen) atoms. The van der Waals surface area contributed by atoms with Crippen molar-refractivity contribution in [2.75, 3.05) is 143 Å². The van der Waals surface area contributed by atoms with Gasteiger partial charge in [0.1, 0.15) is 29.5 Å². The molecule has 2 saturated heterocycles. The number of benzene rings is 1. The van der Waals surface area contributed by atoms with E-state index in [1.807, 2.05) is 0 Å². The van der Waals surface area contributed by atoms with E-state index in [4.69, 9.17) is 73.3 Å². The summed E-state index contributed by atoms with van der Waals surface area (Å²) in [5.41, 5.74) is 0.806. The largest absolute Gasteiger partial charge is 0.420 e. The summed E-state index contributed by atoms with van der Waals surface area (Å²) in [4.78, 5) is 63.5. The highest BCUT2D eigenvalue weighted by Gasteiger charge is 2.40. The van der Waals surface area contributed by atoms with E-state index in [1.54, 1.807) is 15.8 Å². The van der Waals surface area contributed by atoms with E-state index in [2.05, 4.69) is 35.4 Å². The third-order valence-corrected chi connectivity index (χ3v) is 14.7. The highest BCUT2D eigenvalue weighted by atomic mass is 35.5. The first kappa shape index (κ1) is 63.8. The molecule has 1 aromatic carbocycles. The van der Waals surface area contributed by atoms with Crippen LogP contribution in [0.2, 0.25) is 5.28 Å². The normalized spacial score (nSPS) is 18.6. The van der Waals surface area contributed by atoms with Crippen molar-refractivity contribution in [3.63, 3.8) is 0 Å². The number of aliphatic hydroxyl groups is 1. The van der Waals surface area contributed by atoms with Crippen LogP contribution in [0.3, 0.4) is 0 Å². The second-order valence-electron chi connectivity index (χ2n) is 17.1. The molecule has 5 N–H and O–H groups in total. The average molecular weight is 1190 g/mol. The quantitative estimate of drug-likeness (QED) is 0.0138. The summed E-state index contributed by atoms with van der Waals surface area (Å²) in [7, 11) is -9.50. The van der Waals surface area contributed by atoms with Crippen LogP contribution in [0.1, 0.15) is 24.8 Å². The summed E-state index contributed by atoms with van der Waals surface area (Å²) < 4.78 is 131. The molecule has 442 valence electrons. The Morgan fingerprint density at radius 3 is 2.08 bits per heavy atom. The van der Waals surface area contributed by atoms with Crippen molar-refractivity contribution in [2.45, 2.75) is 50.5 Å². The minimum absolute atomic E-state index is 0.0366. The van der Waals surface area contributed by atoms with Crippen molar-refractivity contribution in [2.24, 2.45) is 0 Å². The Balaban J connectivity index is 0.727. The molecule has 3 unspecified atom stereocenters. The molecule has 2 aliphatic rings. The lowest BCUT2D eigenvalue weighted by Gasteiger charge is -2.35. The molecule has 0 radical (unpaired) electrons. The standard InChI is InChI=1S/C44H63ClF3N9O20P2/c45-44-51-40(33-24-50-57(41(33)52-44)43-37(58)23-32(76-43)27-75-79(64,65)29-78(61,62)63)56-4-8-73-28-36(56)42(60)49-2-6-67-10-13-70-17-18-72-19-20-74-26-31-25-55(54-53-31)3-7-68-11-14-71-16-15-69-12-9-66-5-1-38(59)77-39-34(47)21-30(46)22-35(39)48/h21-22,24-25,32,36-37,43,58H,1-20,23,26-29H2,(H,49,60)(H,64,65)(H2,61,62,63)/t32?,36?,37-,43-/m1/s1. The van der Waals surface area contributed by atoms with Gasteiger partial charge in [0.25, 0.3) is 0 Å². The maximum absolute atomic E-state index is 13.6. The fourth-order valence-corrected chi connectivity index (χ4v) is 10.2. The molecule has 5 heterocycles. The molecule has 2 aliphatic heterocycles. The number of hydrogen-bond donors (Lipinski definition) is 5. The number of amides is 1. The summed E-state index contributed by atoms with van der Waals surface area (Å²) >= 11 is 6.36. The van der Waals surface area contributed by atoms with Gasteiger partial charge in [-0.3, -0.25) is 18.7 Å². The van der Waals surface area contributed by atoms with E-state index in [0.717, 1.165) is 0 Å². The predicted molar refractivity (Wildman–Crippen MR) is 264 cm³/mol. The van der Waals surface area contributed by atoms with Crippen molar-refractivity contribution in [3.8, 4) is 5.75 Å². The summed E-state index contributed by atoms with van der Waals surface area (Å²) in [6.07, 6.45) is -0.433. The molecule has 0 aliphatic carbocycles. The van der Waals surface area contributed by atoms with Gasteiger partial charge in [0, 0.05) is 31.6 Å². The first-order valence-electron chi connectivity index (χ1n) is 24.7. The van der Waals surface area contributed by atoms with E-state index in [-0.39, 0.29) is 101 Å². The second kappa shape index (κ2) is 32.9. The lowest BCUT2D eigenvalue weighted by molar-refractivity contribution is -0.136. The third kappa shape index (κ3) is 22.1. The van der Waals surface area contributed by atoms with Crippen LogP contribution in [0.15, 0.2) is 24.5 Å². The van der Waals surface area contributed by atoms with E-state index >= 15 is 0 Å². The number of carbonyl (C=O) groups is 2. The number of ether oxygens (including phenoxy) is 11. The number of anilines is 1. The maximum atomic E-state index is 13.6. The number of fused-ring (bicyclic) bond motifs is 1. The number of aliphatic hydroxyl groups excluding tert-OH is 1. The smallest absolute Gasteiger partial charge is 0.340 e. The molecule has 1 amide bonds. The van der Waals surface area contributed by atoms with Crippen molar-refractivity contribution >= 4 is 55.5 Å². The van der Waals surface area contributed by atoms with Gasteiger partial charge in [-0.1, -0.05) is 5.21 Å². The van der Waals surface area contributed by atoms with Gasteiger partial charge in [0.2, 0.25) is 16.9 Å². The Morgan fingerprint density at radius 1 is 0.823 bits per heavy atom. The molecule has 4 aromatic rings. The highest BCUT2D eigenvalue weighted by molar-refractivity contribution is 7.70. The number of nitrogens with one attached hydrogen (secondary N) is 1. The fourth-order valence-electron chi connectivity index (χ4n) is 7.48. The van der Waals surface area contributed by atoms with E-state index in [9.17, 15) is 41.9 Å². The van der Waals surface area contributed by atoms with Gasteiger partial charge in [0.15, 0.2) is 29.4 Å². The first-order chi connectivity index (χ1) is 38.0. The zero-order valence-corrected chi connectivity index (χ0v) is 45.1. The topological polar surface area (TPSA) is 350 Å². The van der Waals surface area contributed by atoms with Gasteiger partial charge in [0.05, 0.1) is 162 Å². The van der Waals surface area contributed by atoms with Crippen LogP contribution in [0, 0.1) is 17.5 Å². The van der Waals surface area contributed by atoms with Gasteiger partial charge in [-0.25, -0.2) is 22.5 Å². The zero-order valence-electron chi connectivity index (χ0n) is 42.6. The van der Waals surface area contributed by atoms with Gasteiger partial charge in [-0.05, 0) is 11.6 Å². The fraction of sp³-hybridized carbons (Fsp3) is 0.659. The van der Waals surface area contributed by atoms with Crippen LogP contribution in [0.25, 0.3) is 11.0 Å². The minimum Gasteiger partial charge on any atom is -0.420 e. The molecule has 35 heteroatoms. The van der Waals surface area contributed by atoms with E-state index in [0.29, 0.717) is 95.8 Å². The number of rotatable bonds is 38. The number of morpholine rings is 1. The molecule has 2 fully saturated rings. The third-order valence-electron chi connectivity index (χ3n) is 11.0. The Labute approximate surface area is 454 Å². The van der Waals surface area contributed by atoms with E-state index in [1.165, 1.54) is 10.9 Å². The van der Waals surface area contributed by atoms with Crippen molar-refractivity contribution < 1.29 is 108 Å². The molecular weight excluding hydrogens is 1130 g/mol. The summed E-state index contributed by atoms with van der Waals surface area (Å²) in [6, 6.07) is 0.00496. The summed E-state index contributed by atoms with van der Waals surface area (Å²) in [5, 5.41) is 26.4. The Bertz CT molecular complexity index is 2610. The Hall–Kier alpha value is -4.41. The number of nitrogens with zero attached hydrogens (tertiary/aromatic N) is 8. The molecule has 6 rings (SSSR count). The molecule has 29 nitrogen and oxygen atoms in total. The molecule has 0 bridgehead atoms. The highest BCUT2D eigenvalue weighted by Crippen LogP contribution is 2.55. The number of esters is 1. The molecule has 0 saturated carbocycles. The molecule has 5 atom stereocenters. The van der Waals surface area contributed by atoms with Gasteiger partial charge in [-0.15, -0.1) is 5.10 Å². The lowest BCUT2D eigenvalue weighted by Crippen LogP contribution is -2.54. The summed E-state index contributed by atoms with van der Waals surface area (Å²) in [5.74, 6) is -7.12. The molecular formula is C44H63ClF3N9O20P2. The summed E-state index contributed by atoms with van der Waals surface area (Å²) in [6.45, 7) is 5.11. The Kier molecular flexibility index (Phi) is 26.5. The predicted octanol–water partition coefficient (Wildman–Crippen LogP) is 1.12. The van der Waals surface area contributed by atoms with Crippen molar-refractivity contribution in [1.82, 2.24) is 40.1 Å². The SMILES string of the molecule is O=C(CCOCCOCCOCCOCCn1cc(COCCOCCOCCOCCNC(=O)C2COCCN2c2nc(Cl)nc3c2cnn3[C@@H]2OC(COP(=O)(O)CP(=O)(O)O)C[C@H]2O)nn1)Oc1c(F)cc(F)cc1F. The first-order valence-corrected chi connectivity index (χ1v) is 28.6. The molecule has 0 spiro atoms. The maximum Gasteiger partial charge on any atom is 0.340 e. The Morgan fingerprint density at radius 2 is 1.43 bits per heavy atom. The van der Waals surface area contributed by atoms with E-state index < -0.39 is 81.3 Å². The van der Waals surface area contributed by atoms with Crippen LogP contribution in [0.5, 0.6) is 5.75 Å². The second-order valence-corrected chi connectivity index (χ2v) is 21.5. The number of carbonyl (C=O) groups excluding carboxylic acids is 2.